The molecule has 4 heteroatoms. The SMILES string of the molecule is COc1cccc(C(CN)COc2ccc(O)cc2)c1. The smallest absolute Gasteiger partial charge is 0.119 e. The first-order valence-corrected chi connectivity index (χ1v) is 6.48. The second kappa shape index (κ2) is 6.82. The lowest BCUT2D eigenvalue weighted by molar-refractivity contribution is 0.289. The Hall–Kier alpha value is -2.20. The minimum atomic E-state index is 0.0962. The highest BCUT2D eigenvalue weighted by Crippen LogP contribution is 2.22. The van der Waals surface area contributed by atoms with Crippen molar-refractivity contribution in [3.05, 3.63) is 54.1 Å². The Kier molecular flexibility index (Phi) is 4.85. The lowest BCUT2D eigenvalue weighted by Gasteiger charge is -2.17. The molecule has 3 N–H and O–H groups in total. The van der Waals surface area contributed by atoms with Gasteiger partial charge in [-0.1, -0.05) is 12.1 Å². The van der Waals surface area contributed by atoms with Crippen molar-refractivity contribution in [1.82, 2.24) is 0 Å². The van der Waals surface area contributed by atoms with E-state index in [1.54, 1.807) is 31.4 Å². The average Bonchev–Trinajstić information content (AvgIpc) is 2.50. The van der Waals surface area contributed by atoms with E-state index in [1.807, 2.05) is 24.3 Å². The summed E-state index contributed by atoms with van der Waals surface area (Å²) in [6.07, 6.45) is 0. The molecule has 0 aliphatic carbocycles. The average molecular weight is 273 g/mol. The van der Waals surface area contributed by atoms with Crippen molar-refractivity contribution in [2.24, 2.45) is 5.73 Å². The molecule has 0 saturated carbocycles. The van der Waals surface area contributed by atoms with Crippen LogP contribution in [0.2, 0.25) is 0 Å². The molecule has 0 radical (unpaired) electrons. The molecular weight excluding hydrogens is 254 g/mol. The molecule has 1 unspecified atom stereocenters. The molecule has 0 aliphatic heterocycles. The molecule has 1 atom stereocenters. The zero-order valence-corrected chi connectivity index (χ0v) is 11.5. The molecule has 20 heavy (non-hydrogen) atoms. The molecule has 0 aliphatic rings. The Morgan fingerprint density at radius 1 is 1.10 bits per heavy atom. The number of nitrogens with two attached hydrogens (primary N) is 1. The largest absolute Gasteiger partial charge is 0.508 e. The summed E-state index contributed by atoms with van der Waals surface area (Å²) in [7, 11) is 1.64. The summed E-state index contributed by atoms with van der Waals surface area (Å²) >= 11 is 0. The first kappa shape index (κ1) is 14.2. The van der Waals surface area contributed by atoms with Crippen molar-refractivity contribution < 1.29 is 14.6 Å². The topological polar surface area (TPSA) is 64.7 Å². The van der Waals surface area contributed by atoms with Crippen molar-refractivity contribution >= 4 is 0 Å². The van der Waals surface area contributed by atoms with Crippen LogP contribution in [0, 0.1) is 0 Å². The molecule has 2 aromatic carbocycles. The van der Waals surface area contributed by atoms with Crippen molar-refractivity contribution in [1.29, 1.82) is 0 Å². The van der Waals surface area contributed by atoms with E-state index in [-0.39, 0.29) is 11.7 Å². The summed E-state index contributed by atoms with van der Waals surface area (Å²) in [5, 5.41) is 9.23. The van der Waals surface area contributed by atoms with Gasteiger partial charge < -0.3 is 20.3 Å². The molecule has 4 nitrogen and oxygen atoms in total. The molecule has 2 aromatic rings. The van der Waals surface area contributed by atoms with Crippen LogP contribution in [-0.2, 0) is 0 Å². The van der Waals surface area contributed by atoms with E-state index in [9.17, 15) is 5.11 Å². The van der Waals surface area contributed by atoms with E-state index >= 15 is 0 Å². The van der Waals surface area contributed by atoms with Gasteiger partial charge in [0.15, 0.2) is 0 Å². The number of phenols is 1. The monoisotopic (exact) mass is 273 g/mol. The molecule has 0 aromatic heterocycles. The van der Waals surface area contributed by atoms with E-state index in [1.165, 1.54) is 0 Å². The lowest BCUT2D eigenvalue weighted by Crippen LogP contribution is -2.19. The zero-order chi connectivity index (χ0) is 14.4. The van der Waals surface area contributed by atoms with E-state index in [4.69, 9.17) is 15.2 Å². The molecule has 2 rings (SSSR count). The fourth-order valence-corrected chi connectivity index (χ4v) is 1.93. The first-order valence-electron chi connectivity index (χ1n) is 6.48. The summed E-state index contributed by atoms with van der Waals surface area (Å²) < 4.78 is 10.9. The number of rotatable bonds is 6. The summed E-state index contributed by atoms with van der Waals surface area (Å²) in [6, 6.07) is 14.5. The van der Waals surface area contributed by atoms with Crippen molar-refractivity contribution in [3.63, 3.8) is 0 Å². The predicted molar refractivity (Wildman–Crippen MR) is 78.4 cm³/mol. The van der Waals surface area contributed by atoms with E-state index in [0.717, 1.165) is 11.3 Å². The van der Waals surface area contributed by atoms with Crippen LogP contribution >= 0.6 is 0 Å². The third kappa shape index (κ3) is 3.65. The van der Waals surface area contributed by atoms with Gasteiger partial charge >= 0.3 is 0 Å². The Bertz CT molecular complexity index is 540. The first-order chi connectivity index (χ1) is 9.72. The highest BCUT2D eigenvalue weighted by Gasteiger charge is 2.11. The summed E-state index contributed by atoms with van der Waals surface area (Å²) in [4.78, 5) is 0. The second-order valence-corrected chi connectivity index (χ2v) is 4.51. The van der Waals surface area contributed by atoms with Gasteiger partial charge in [0.25, 0.3) is 0 Å². The maximum Gasteiger partial charge on any atom is 0.119 e. The van der Waals surface area contributed by atoms with Gasteiger partial charge in [-0.25, -0.2) is 0 Å². The van der Waals surface area contributed by atoms with Crippen LogP contribution in [0.5, 0.6) is 17.2 Å². The summed E-state index contributed by atoms with van der Waals surface area (Å²) in [5.74, 6) is 1.84. The van der Waals surface area contributed by atoms with Crippen molar-refractivity contribution in [2.45, 2.75) is 5.92 Å². The fraction of sp³-hybridized carbons (Fsp3) is 0.250. The Balaban J connectivity index is 2.03. The zero-order valence-electron chi connectivity index (χ0n) is 11.5. The van der Waals surface area contributed by atoms with Crippen LogP contribution in [-0.4, -0.2) is 25.4 Å². The number of hydrogen-bond donors (Lipinski definition) is 2. The Labute approximate surface area is 118 Å². The van der Waals surface area contributed by atoms with Crippen molar-refractivity contribution in [2.75, 3.05) is 20.3 Å². The van der Waals surface area contributed by atoms with Gasteiger partial charge in [-0.3, -0.25) is 0 Å². The van der Waals surface area contributed by atoms with Gasteiger partial charge in [-0.15, -0.1) is 0 Å². The molecule has 0 fully saturated rings. The third-order valence-electron chi connectivity index (χ3n) is 3.14. The number of ether oxygens (including phenoxy) is 2. The van der Waals surface area contributed by atoms with Gasteiger partial charge in [0, 0.05) is 12.5 Å². The van der Waals surface area contributed by atoms with Crippen LogP contribution in [0.4, 0.5) is 0 Å². The Morgan fingerprint density at radius 2 is 1.85 bits per heavy atom. The molecule has 106 valence electrons. The molecule has 0 heterocycles. The molecular formula is C16H19NO3. The van der Waals surface area contributed by atoms with Crippen molar-refractivity contribution in [3.8, 4) is 17.2 Å². The van der Waals surface area contributed by atoms with Gasteiger partial charge in [0.1, 0.15) is 17.2 Å². The van der Waals surface area contributed by atoms with Gasteiger partial charge in [-0.2, -0.15) is 0 Å². The molecule has 0 spiro atoms. The minimum absolute atomic E-state index is 0.0962. The number of benzene rings is 2. The molecule has 0 bridgehead atoms. The van der Waals surface area contributed by atoms with Gasteiger partial charge in [-0.05, 0) is 42.0 Å². The number of phenolic OH excluding ortho intramolecular Hbond substituents is 1. The molecule has 0 amide bonds. The number of hydrogen-bond acceptors (Lipinski definition) is 4. The van der Waals surface area contributed by atoms with Crippen LogP contribution < -0.4 is 15.2 Å². The standard InChI is InChI=1S/C16H19NO3/c1-19-16-4-2-3-12(9-16)13(10-17)11-20-15-7-5-14(18)6-8-15/h2-9,13,18H,10-11,17H2,1H3. The maximum atomic E-state index is 9.23. The fourth-order valence-electron chi connectivity index (χ4n) is 1.93. The number of methoxy groups -OCH3 is 1. The normalized spacial score (nSPS) is 11.9. The quantitative estimate of drug-likeness (QED) is 0.849. The lowest BCUT2D eigenvalue weighted by atomic mass is 10.00. The Morgan fingerprint density at radius 3 is 2.50 bits per heavy atom. The van der Waals surface area contributed by atoms with Crippen LogP contribution in [0.25, 0.3) is 0 Å². The third-order valence-corrected chi connectivity index (χ3v) is 3.14. The van der Waals surface area contributed by atoms with Crippen LogP contribution in [0.3, 0.4) is 0 Å². The van der Waals surface area contributed by atoms with Crippen LogP contribution in [0.1, 0.15) is 11.5 Å². The second-order valence-electron chi connectivity index (χ2n) is 4.51. The van der Waals surface area contributed by atoms with E-state index < -0.39 is 0 Å². The highest BCUT2D eigenvalue weighted by molar-refractivity contribution is 5.32. The number of aromatic hydroxyl groups is 1. The van der Waals surface area contributed by atoms with Crippen LogP contribution in [0.15, 0.2) is 48.5 Å². The summed E-state index contributed by atoms with van der Waals surface area (Å²) in [6.45, 7) is 0.972. The predicted octanol–water partition coefficient (Wildman–Crippen LogP) is 2.52. The van der Waals surface area contributed by atoms with Gasteiger partial charge in [0.05, 0.1) is 13.7 Å². The van der Waals surface area contributed by atoms with E-state index in [2.05, 4.69) is 0 Å². The van der Waals surface area contributed by atoms with E-state index in [0.29, 0.717) is 18.9 Å². The highest BCUT2D eigenvalue weighted by atomic mass is 16.5. The summed E-state index contributed by atoms with van der Waals surface area (Å²) in [5.41, 5.74) is 6.91. The molecule has 0 saturated heterocycles. The van der Waals surface area contributed by atoms with Gasteiger partial charge in [0.2, 0.25) is 0 Å². The minimum Gasteiger partial charge on any atom is -0.508 e. The maximum absolute atomic E-state index is 9.23.